The molecule has 0 aliphatic carbocycles. The van der Waals surface area contributed by atoms with Crippen LogP contribution in [0.5, 0.6) is 0 Å². The standard InChI is InChI=1S/C13H22N2O2S/c1-4-10(2)11(3)15-18(16,17)9-12-6-5-7-13(14)8-12/h5-8,10-11,15H,4,9,14H2,1-3H3. The number of nitrogens with one attached hydrogen (secondary N) is 1. The summed E-state index contributed by atoms with van der Waals surface area (Å²) >= 11 is 0. The number of anilines is 1. The summed E-state index contributed by atoms with van der Waals surface area (Å²) in [6, 6.07) is 6.90. The van der Waals surface area contributed by atoms with Crippen molar-refractivity contribution in [1.82, 2.24) is 4.72 Å². The number of nitrogen functional groups attached to an aromatic ring is 1. The molecule has 0 fully saturated rings. The van der Waals surface area contributed by atoms with Gasteiger partial charge in [-0.25, -0.2) is 13.1 Å². The molecule has 0 aromatic heterocycles. The van der Waals surface area contributed by atoms with Gasteiger partial charge in [0.15, 0.2) is 0 Å². The van der Waals surface area contributed by atoms with Crippen molar-refractivity contribution in [3.8, 4) is 0 Å². The van der Waals surface area contributed by atoms with E-state index in [1.807, 2.05) is 20.8 Å². The Hall–Kier alpha value is -1.07. The van der Waals surface area contributed by atoms with Gasteiger partial charge < -0.3 is 5.73 Å². The molecule has 0 saturated heterocycles. The number of benzene rings is 1. The molecule has 0 amide bonds. The van der Waals surface area contributed by atoms with E-state index in [0.29, 0.717) is 17.2 Å². The van der Waals surface area contributed by atoms with Gasteiger partial charge in [0.1, 0.15) is 0 Å². The van der Waals surface area contributed by atoms with Gasteiger partial charge in [0.25, 0.3) is 0 Å². The van der Waals surface area contributed by atoms with E-state index in [1.165, 1.54) is 0 Å². The van der Waals surface area contributed by atoms with E-state index < -0.39 is 10.0 Å². The Labute approximate surface area is 110 Å². The van der Waals surface area contributed by atoms with Gasteiger partial charge in [-0.2, -0.15) is 0 Å². The first-order valence-corrected chi connectivity index (χ1v) is 7.83. The molecule has 2 atom stereocenters. The van der Waals surface area contributed by atoms with E-state index in [4.69, 9.17) is 5.73 Å². The summed E-state index contributed by atoms with van der Waals surface area (Å²) in [5.74, 6) is 0.291. The molecule has 1 rings (SSSR count). The van der Waals surface area contributed by atoms with Gasteiger partial charge in [-0.1, -0.05) is 32.4 Å². The van der Waals surface area contributed by atoms with E-state index in [-0.39, 0.29) is 11.8 Å². The average molecular weight is 270 g/mol. The van der Waals surface area contributed by atoms with Gasteiger partial charge in [0.05, 0.1) is 5.75 Å². The van der Waals surface area contributed by atoms with Crippen LogP contribution in [0.3, 0.4) is 0 Å². The third-order valence-electron chi connectivity index (χ3n) is 3.17. The third kappa shape index (κ3) is 4.66. The second-order valence-corrected chi connectivity index (χ2v) is 6.55. The maximum atomic E-state index is 12.0. The number of sulfonamides is 1. The van der Waals surface area contributed by atoms with Crippen molar-refractivity contribution >= 4 is 15.7 Å². The van der Waals surface area contributed by atoms with Crippen molar-refractivity contribution in [1.29, 1.82) is 0 Å². The fraction of sp³-hybridized carbons (Fsp3) is 0.538. The number of nitrogens with two attached hydrogens (primary N) is 1. The number of hydrogen-bond donors (Lipinski definition) is 2. The summed E-state index contributed by atoms with van der Waals surface area (Å²) < 4.78 is 26.7. The lowest BCUT2D eigenvalue weighted by Gasteiger charge is -2.19. The predicted molar refractivity (Wildman–Crippen MR) is 75.5 cm³/mol. The number of rotatable bonds is 6. The highest BCUT2D eigenvalue weighted by atomic mass is 32.2. The first kappa shape index (κ1) is 15.0. The van der Waals surface area contributed by atoms with Gasteiger partial charge >= 0.3 is 0 Å². The van der Waals surface area contributed by atoms with Crippen LogP contribution >= 0.6 is 0 Å². The van der Waals surface area contributed by atoms with Crippen molar-refractivity contribution in [2.45, 2.75) is 39.0 Å². The van der Waals surface area contributed by atoms with Crippen LogP contribution in [0.1, 0.15) is 32.8 Å². The van der Waals surface area contributed by atoms with Gasteiger partial charge in [0.2, 0.25) is 10.0 Å². The Morgan fingerprint density at radius 2 is 2.00 bits per heavy atom. The molecule has 0 aliphatic rings. The fourth-order valence-electron chi connectivity index (χ4n) is 1.70. The molecule has 1 aromatic carbocycles. The van der Waals surface area contributed by atoms with Crippen LogP contribution in [0.25, 0.3) is 0 Å². The van der Waals surface area contributed by atoms with E-state index in [1.54, 1.807) is 24.3 Å². The minimum Gasteiger partial charge on any atom is -0.399 e. The maximum Gasteiger partial charge on any atom is 0.216 e. The molecule has 0 radical (unpaired) electrons. The quantitative estimate of drug-likeness (QED) is 0.778. The predicted octanol–water partition coefficient (Wildman–Crippen LogP) is 2.12. The normalized spacial score (nSPS) is 15.3. The molecule has 3 N–H and O–H groups in total. The Bertz CT molecular complexity index is 486. The summed E-state index contributed by atoms with van der Waals surface area (Å²) in [7, 11) is -3.31. The largest absolute Gasteiger partial charge is 0.399 e. The van der Waals surface area contributed by atoms with Crippen LogP contribution in [0.4, 0.5) is 5.69 Å². The lowest BCUT2D eigenvalue weighted by atomic mass is 10.0. The van der Waals surface area contributed by atoms with Crippen LogP contribution in [0.2, 0.25) is 0 Å². The zero-order valence-corrected chi connectivity index (χ0v) is 12.0. The molecule has 0 spiro atoms. The molecule has 0 saturated carbocycles. The molecule has 5 heteroatoms. The molecule has 102 valence electrons. The molecular formula is C13H22N2O2S. The van der Waals surface area contributed by atoms with Gasteiger partial charge in [0, 0.05) is 11.7 Å². The monoisotopic (exact) mass is 270 g/mol. The van der Waals surface area contributed by atoms with Crippen molar-refractivity contribution in [2.75, 3.05) is 5.73 Å². The van der Waals surface area contributed by atoms with Crippen LogP contribution in [-0.4, -0.2) is 14.5 Å². The summed E-state index contributed by atoms with van der Waals surface area (Å²) in [5.41, 5.74) is 6.92. The zero-order chi connectivity index (χ0) is 13.8. The number of hydrogen-bond acceptors (Lipinski definition) is 3. The Balaban J connectivity index is 2.71. The van der Waals surface area contributed by atoms with Crippen molar-refractivity contribution in [2.24, 2.45) is 5.92 Å². The van der Waals surface area contributed by atoms with E-state index in [9.17, 15) is 8.42 Å². The van der Waals surface area contributed by atoms with Gasteiger partial charge in [-0.15, -0.1) is 0 Å². The fourth-order valence-corrected chi connectivity index (χ4v) is 3.20. The Kier molecular flexibility index (Phi) is 5.16. The second kappa shape index (κ2) is 6.20. The highest BCUT2D eigenvalue weighted by molar-refractivity contribution is 7.88. The first-order chi connectivity index (χ1) is 8.34. The molecule has 4 nitrogen and oxygen atoms in total. The van der Waals surface area contributed by atoms with E-state index in [2.05, 4.69) is 4.72 Å². The SMILES string of the molecule is CCC(C)C(C)NS(=O)(=O)Cc1cccc(N)c1. The summed E-state index contributed by atoms with van der Waals surface area (Å²) in [5, 5.41) is 0. The van der Waals surface area contributed by atoms with Gasteiger partial charge in [-0.05, 0) is 30.5 Å². The summed E-state index contributed by atoms with van der Waals surface area (Å²) in [6.45, 7) is 5.98. The molecule has 0 bridgehead atoms. The van der Waals surface area contributed by atoms with E-state index >= 15 is 0 Å². The van der Waals surface area contributed by atoms with Crippen LogP contribution < -0.4 is 10.5 Å². The maximum absolute atomic E-state index is 12.0. The van der Waals surface area contributed by atoms with Crippen molar-refractivity contribution in [3.05, 3.63) is 29.8 Å². The van der Waals surface area contributed by atoms with Gasteiger partial charge in [-0.3, -0.25) is 0 Å². The van der Waals surface area contributed by atoms with Crippen LogP contribution in [0, 0.1) is 5.92 Å². The van der Waals surface area contributed by atoms with Crippen LogP contribution in [-0.2, 0) is 15.8 Å². The van der Waals surface area contributed by atoms with Crippen molar-refractivity contribution < 1.29 is 8.42 Å². The molecule has 1 aromatic rings. The lowest BCUT2D eigenvalue weighted by molar-refractivity contribution is 0.434. The van der Waals surface area contributed by atoms with E-state index in [0.717, 1.165) is 6.42 Å². The van der Waals surface area contributed by atoms with Crippen molar-refractivity contribution in [3.63, 3.8) is 0 Å². The minimum absolute atomic E-state index is 0.0290. The highest BCUT2D eigenvalue weighted by Gasteiger charge is 2.18. The minimum atomic E-state index is -3.31. The average Bonchev–Trinajstić information content (AvgIpc) is 2.26. The first-order valence-electron chi connectivity index (χ1n) is 6.18. The highest BCUT2D eigenvalue weighted by Crippen LogP contribution is 2.12. The summed E-state index contributed by atoms with van der Waals surface area (Å²) in [4.78, 5) is 0. The third-order valence-corrected chi connectivity index (χ3v) is 4.61. The molecule has 0 heterocycles. The molecule has 0 aliphatic heterocycles. The second-order valence-electron chi connectivity index (χ2n) is 4.80. The summed E-state index contributed by atoms with van der Waals surface area (Å²) in [6.07, 6.45) is 0.946. The molecule has 18 heavy (non-hydrogen) atoms. The molecule has 2 unspecified atom stereocenters. The zero-order valence-electron chi connectivity index (χ0n) is 11.2. The Morgan fingerprint density at radius 1 is 1.33 bits per heavy atom. The van der Waals surface area contributed by atoms with Crippen LogP contribution in [0.15, 0.2) is 24.3 Å². The smallest absolute Gasteiger partial charge is 0.216 e. The molecular weight excluding hydrogens is 248 g/mol. The Morgan fingerprint density at radius 3 is 2.56 bits per heavy atom. The lowest BCUT2D eigenvalue weighted by Crippen LogP contribution is -2.37. The topological polar surface area (TPSA) is 72.2 Å².